The molecule has 0 atom stereocenters. The summed E-state index contributed by atoms with van der Waals surface area (Å²) in [6, 6.07) is 9.14. The van der Waals surface area contributed by atoms with Crippen molar-refractivity contribution in [3.63, 3.8) is 0 Å². The number of aromatic amines is 1. The number of nitrogens with two attached hydrogens (primary N) is 1. The van der Waals surface area contributed by atoms with E-state index >= 15 is 0 Å². The summed E-state index contributed by atoms with van der Waals surface area (Å²) in [4.78, 5) is 7.67. The SMILES string of the molecule is Nc1cc(Br)ccc1-c1nc2cc(Cl)c(Cl)cc2[nH]1. The fraction of sp³-hybridized carbons (Fsp3) is 0. The van der Waals surface area contributed by atoms with E-state index < -0.39 is 0 Å². The Morgan fingerprint density at radius 1 is 1.11 bits per heavy atom. The molecule has 0 saturated carbocycles. The number of nitrogen functional groups attached to an aromatic ring is 1. The van der Waals surface area contributed by atoms with Gasteiger partial charge in [-0.25, -0.2) is 4.98 Å². The van der Waals surface area contributed by atoms with Gasteiger partial charge < -0.3 is 10.7 Å². The lowest BCUT2D eigenvalue weighted by atomic mass is 10.2. The quantitative estimate of drug-likeness (QED) is 0.610. The number of hydrogen-bond donors (Lipinski definition) is 2. The van der Waals surface area contributed by atoms with Crippen LogP contribution < -0.4 is 5.73 Å². The van der Waals surface area contributed by atoms with Gasteiger partial charge in [-0.15, -0.1) is 0 Å². The molecule has 3 aromatic rings. The highest BCUT2D eigenvalue weighted by Crippen LogP contribution is 2.31. The lowest BCUT2D eigenvalue weighted by Gasteiger charge is -2.02. The lowest BCUT2D eigenvalue weighted by Crippen LogP contribution is -1.91. The van der Waals surface area contributed by atoms with Gasteiger partial charge in [0.25, 0.3) is 0 Å². The molecule has 0 saturated heterocycles. The Balaban J connectivity index is 2.20. The van der Waals surface area contributed by atoms with Crippen LogP contribution in [0.3, 0.4) is 0 Å². The van der Waals surface area contributed by atoms with Crippen LogP contribution in [0.25, 0.3) is 22.4 Å². The monoisotopic (exact) mass is 355 g/mol. The molecular formula is C13H8BrCl2N3. The molecule has 6 heteroatoms. The van der Waals surface area contributed by atoms with Gasteiger partial charge in [0.1, 0.15) is 5.82 Å². The largest absolute Gasteiger partial charge is 0.398 e. The zero-order chi connectivity index (χ0) is 13.6. The van der Waals surface area contributed by atoms with E-state index in [0.717, 1.165) is 21.1 Å². The number of hydrogen-bond acceptors (Lipinski definition) is 2. The van der Waals surface area contributed by atoms with Crippen molar-refractivity contribution in [3.8, 4) is 11.4 Å². The predicted octanol–water partition coefficient (Wildman–Crippen LogP) is 4.88. The molecule has 0 spiro atoms. The second kappa shape index (κ2) is 4.71. The third-order valence-corrected chi connectivity index (χ3v) is 4.01. The first kappa shape index (κ1) is 12.8. The first-order chi connectivity index (χ1) is 9.04. The van der Waals surface area contributed by atoms with Crippen LogP contribution in [0, 0.1) is 0 Å². The summed E-state index contributed by atoms with van der Waals surface area (Å²) in [6.45, 7) is 0. The number of fused-ring (bicyclic) bond motifs is 1. The van der Waals surface area contributed by atoms with E-state index in [1.54, 1.807) is 12.1 Å². The van der Waals surface area contributed by atoms with Crippen molar-refractivity contribution in [3.05, 3.63) is 44.8 Å². The topological polar surface area (TPSA) is 54.7 Å². The number of benzene rings is 2. The smallest absolute Gasteiger partial charge is 0.140 e. The molecular weight excluding hydrogens is 349 g/mol. The molecule has 19 heavy (non-hydrogen) atoms. The molecule has 3 nitrogen and oxygen atoms in total. The zero-order valence-corrected chi connectivity index (χ0v) is 12.6. The molecule has 96 valence electrons. The Labute approximate surface area is 127 Å². The summed E-state index contributed by atoms with van der Waals surface area (Å²) in [5, 5.41) is 0.976. The van der Waals surface area contributed by atoms with E-state index in [0.29, 0.717) is 21.6 Å². The third kappa shape index (κ3) is 2.31. The minimum atomic E-state index is 0.482. The Hall–Kier alpha value is -1.23. The van der Waals surface area contributed by atoms with Crippen LogP contribution in [0.5, 0.6) is 0 Å². The molecule has 0 fully saturated rings. The molecule has 1 heterocycles. The Bertz CT molecular complexity index is 744. The van der Waals surface area contributed by atoms with Gasteiger partial charge in [-0.2, -0.15) is 0 Å². The number of imidazole rings is 1. The maximum absolute atomic E-state index is 5.99. The van der Waals surface area contributed by atoms with Gasteiger partial charge in [-0.1, -0.05) is 39.1 Å². The first-order valence-corrected chi connectivity index (χ1v) is 6.99. The highest BCUT2D eigenvalue weighted by molar-refractivity contribution is 9.10. The average Bonchev–Trinajstić information content (AvgIpc) is 2.72. The van der Waals surface area contributed by atoms with E-state index in [2.05, 4.69) is 25.9 Å². The molecule has 0 amide bonds. The minimum Gasteiger partial charge on any atom is -0.398 e. The molecule has 3 rings (SSSR count). The Morgan fingerprint density at radius 3 is 2.58 bits per heavy atom. The summed E-state index contributed by atoms with van der Waals surface area (Å²) >= 11 is 15.3. The van der Waals surface area contributed by atoms with E-state index in [1.165, 1.54) is 0 Å². The summed E-state index contributed by atoms with van der Waals surface area (Å²) in [5.74, 6) is 0.693. The molecule has 0 aliphatic rings. The molecule has 0 radical (unpaired) electrons. The molecule has 2 aromatic carbocycles. The van der Waals surface area contributed by atoms with E-state index in [9.17, 15) is 0 Å². The highest BCUT2D eigenvalue weighted by atomic mass is 79.9. The second-order valence-electron chi connectivity index (χ2n) is 4.10. The predicted molar refractivity (Wildman–Crippen MR) is 83.7 cm³/mol. The van der Waals surface area contributed by atoms with Crippen molar-refractivity contribution in [2.45, 2.75) is 0 Å². The molecule has 0 aliphatic carbocycles. The maximum atomic E-state index is 5.99. The number of halogens is 3. The van der Waals surface area contributed by atoms with Crippen LogP contribution in [0.1, 0.15) is 0 Å². The van der Waals surface area contributed by atoms with Gasteiger partial charge in [0.2, 0.25) is 0 Å². The maximum Gasteiger partial charge on any atom is 0.140 e. The van der Waals surface area contributed by atoms with E-state index in [-0.39, 0.29) is 0 Å². The second-order valence-corrected chi connectivity index (χ2v) is 5.83. The average molecular weight is 357 g/mol. The van der Waals surface area contributed by atoms with Gasteiger partial charge >= 0.3 is 0 Å². The normalized spacial score (nSPS) is 11.1. The summed E-state index contributed by atoms with van der Waals surface area (Å²) < 4.78 is 0.927. The van der Waals surface area contributed by atoms with Crippen LogP contribution in [0.4, 0.5) is 5.69 Å². The molecule has 0 bridgehead atoms. The number of nitrogens with zero attached hydrogens (tertiary/aromatic N) is 1. The van der Waals surface area contributed by atoms with Crippen molar-refractivity contribution in [2.24, 2.45) is 0 Å². The van der Waals surface area contributed by atoms with Gasteiger partial charge in [0.05, 0.1) is 21.1 Å². The van der Waals surface area contributed by atoms with Crippen LogP contribution in [-0.4, -0.2) is 9.97 Å². The van der Waals surface area contributed by atoms with Crippen molar-refractivity contribution < 1.29 is 0 Å². The molecule has 3 N–H and O–H groups in total. The summed E-state index contributed by atoms with van der Waals surface area (Å²) in [6.07, 6.45) is 0. The fourth-order valence-electron chi connectivity index (χ4n) is 1.88. The Morgan fingerprint density at radius 2 is 1.84 bits per heavy atom. The molecule has 1 aromatic heterocycles. The highest BCUT2D eigenvalue weighted by Gasteiger charge is 2.10. The van der Waals surface area contributed by atoms with Gasteiger partial charge in [-0.05, 0) is 30.3 Å². The fourth-order valence-corrected chi connectivity index (χ4v) is 2.58. The van der Waals surface area contributed by atoms with Crippen molar-refractivity contribution in [2.75, 3.05) is 5.73 Å². The van der Waals surface area contributed by atoms with Crippen LogP contribution in [-0.2, 0) is 0 Å². The van der Waals surface area contributed by atoms with Gasteiger partial charge in [0, 0.05) is 15.7 Å². The van der Waals surface area contributed by atoms with Crippen molar-refractivity contribution in [1.29, 1.82) is 0 Å². The lowest BCUT2D eigenvalue weighted by molar-refractivity contribution is 1.34. The summed E-state index contributed by atoms with van der Waals surface area (Å²) in [7, 11) is 0. The Kier molecular flexibility index (Phi) is 3.17. The van der Waals surface area contributed by atoms with E-state index in [1.807, 2.05) is 18.2 Å². The number of anilines is 1. The number of aromatic nitrogens is 2. The van der Waals surface area contributed by atoms with Crippen LogP contribution in [0.15, 0.2) is 34.8 Å². The third-order valence-electron chi connectivity index (χ3n) is 2.79. The number of H-pyrrole nitrogens is 1. The van der Waals surface area contributed by atoms with Crippen molar-refractivity contribution >= 4 is 55.9 Å². The zero-order valence-electron chi connectivity index (χ0n) is 9.55. The van der Waals surface area contributed by atoms with Gasteiger partial charge in [0.15, 0.2) is 0 Å². The number of rotatable bonds is 1. The standard InChI is InChI=1S/C13H8BrCl2N3/c14-6-1-2-7(10(17)3-6)13-18-11-4-8(15)9(16)5-12(11)19-13/h1-5H,17H2,(H,18,19). The van der Waals surface area contributed by atoms with Gasteiger partial charge in [-0.3, -0.25) is 0 Å². The van der Waals surface area contributed by atoms with E-state index in [4.69, 9.17) is 28.9 Å². The molecule has 0 aliphatic heterocycles. The molecule has 0 unspecified atom stereocenters. The number of nitrogens with one attached hydrogen (secondary N) is 1. The first-order valence-electron chi connectivity index (χ1n) is 5.45. The minimum absolute atomic E-state index is 0.482. The van der Waals surface area contributed by atoms with Crippen LogP contribution >= 0.6 is 39.1 Å². The van der Waals surface area contributed by atoms with Crippen molar-refractivity contribution in [1.82, 2.24) is 9.97 Å². The van der Waals surface area contributed by atoms with Crippen LogP contribution in [0.2, 0.25) is 10.0 Å². The summed E-state index contributed by atoms with van der Waals surface area (Å²) in [5.41, 5.74) is 9.06.